The van der Waals surface area contributed by atoms with E-state index in [9.17, 15) is 4.79 Å². The van der Waals surface area contributed by atoms with E-state index in [1.807, 2.05) is 29.2 Å². The van der Waals surface area contributed by atoms with Crippen LogP contribution in [0, 0.1) is 0 Å². The van der Waals surface area contributed by atoms with Crippen LogP contribution in [-0.2, 0) is 4.79 Å². The zero-order valence-corrected chi connectivity index (χ0v) is 20.8. The van der Waals surface area contributed by atoms with Gasteiger partial charge in [0.1, 0.15) is 11.9 Å². The Hall–Kier alpha value is -3.26. The van der Waals surface area contributed by atoms with E-state index in [0.29, 0.717) is 23.3 Å². The van der Waals surface area contributed by atoms with Crippen molar-refractivity contribution in [2.45, 2.75) is 37.8 Å². The summed E-state index contributed by atoms with van der Waals surface area (Å²) < 4.78 is 22.3. The third-order valence-electron chi connectivity index (χ3n) is 6.83. The van der Waals surface area contributed by atoms with Gasteiger partial charge >= 0.3 is 0 Å². The number of amides is 1. The molecule has 2 fully saturated rings. The molecular weight excluding hydrogens is 446 g/mol. The number of ether oxygens (including phenoxy) is 4. The molecule has 0 spiro atoms. The fraction of sp³-hybridized carbons (Fsp3) is 0.481. The van der Waals surface area contributed by atoms with Crippen molar-refractivity contribution in [2.24, 2.45) is 0 Å². The first-order chi connectivity index (χ1) is 17.1. The van der Waals surface area contributed by atoms with Gasteiger partial charge in [0.05, 0.1) is 21.3 Å². The molecule has 35 heavy (non-hydrogen) atoms. The predicted molar refractivity (Wildman–Crippen MR) is 134 cm³/mol. The molecule has 2 aromatic rings. The van der Waals surface area contributed by atoms with Crippen molar-refractivity contribution in [1.82, 2.24) is 14.8 Å². The lowest BCUT2D eigenvalue weighted by Crippen LogP contribution is -2.49. The highest BCUT2D eigenvalue weighted by Gasteiger charge is 2.29. The molecule has 2 aliphatic heterocycles. The molecule has 8 heteroatoms. The molecule has 0 saturated carbocycles. The molecule has 2 aliphatic rings. The monoisotopic (exact) mass is 481 g/mol. The van der Waals surface area contributed by atoms with Crippen molar-refractivity contribution < 1.29 is 23.7 Å². The number of hydrogen-bond donors (Lipinski definition) is 0. The zero-order valence-electron chi connectivity index (χ0n) is 20.8. The Balaban J connectivity index is 1.25. The number of methoxy groups -OCH3 is 3. The Morgan fingerprint density at radius 3 is 2.11 bits per heavy atom. The standard InChI is InChI=1S/C27H35N3O5/c1-32-24-18-20(19-25(33-2)27(24)34-3)4-5-26(31)30-14-8-21(9-15-30)29-16-10-23(11-17-29)35-22-6-12-28-13-7-22/h4-7,12-13,18-19,21,23H,8-11,14-17H2,1-3H3. The highest BCUT2D eigenvalue weighted by Crippen LogP contribution is 2.38. The molecule has 2 saturated heterocycles. The van der Waals surface area contributed by atoms with Gasteiger partial charge in [-0.25, -0.2) is 0 Å². The summed E-state index contributed by atoms with van der Waals surface area (Å²) in [5.74, 6) is 2.59. The Morgan fingerprint density at radius 1 is 0.914 bits per heavy atom. The minimum Gasteiger partial charge on any atom is -0.493 e. The van der Waals surface area contributed by atoms with Crippen LogP contribution in [0.1, 0.15) is 31.2 Å². The smallest absolute Gasteiger partial charge is 0.246 e. The fourth-order valence-corrected chi connectivity index (χ4v) is 4.89. The van der Waals surface area contributed by atoms with E-state index >= 15 is 0 Å². The number of piperidine rings is 2. The maximum absolute atomic E-state index is 12.8. The van der Waals surface area contributed by atoms with Crippen LogP contribution in [0.2, 0.25) is 0 Å². The molecule has 1 amide bonds. The van der Waals surface area contributed by atoms with Gasteiger partial charge < -0.3 is 23.8 Å². The molecule has 188 valence electrons. The second-order valence-electron chi connectivity index (χ2n) is 8.88. The van der Waals surface area contributed by atoms with Crippen molar-refractivity contribution in [3.8, 4) is 23.0 Å². The summed E-state index contributed by atoms with van der Waals surface area (Å²) >= 11 is 0. The number of aromatic nitrogens is 1. The van der Waals surface area contributed by atoms with E-state index in [4.69, 9.17) is 18.9 Å². The van der Waals surface area contributed by atoms with Gasteiger partial charge in [-0.2, -0.15) is 0 Å². The van der Waals surface area contributed by atoms with Crippen LogP contribution in [0.3, 0.4) is 0 Å². The normalized spacial score (nSPS) is 18.0. The maximum Gasteiger partial charge on any atom is 0.246 e. The topological polar surface area (TPSA) is 73.4 Å². The predicted octanol–water partition coefficient (Wildman–Crippen LogP) is 3.66. The van der Waals surface area contributed by atoms with Crippen molar-refractivity contribution >= 4 is 12.0 Å². The van der Waals surface area contributed by atoms with E-state index in [-0.39, 0.29) is 12.0 Å². The largest absolute Gasteiger partial charge is 0.493 e. The molecule has 8 nitrogen and oxygen atoms in total. The highest BCUT2D eigenvalue weighted by molar-refractivity contribution is 5.92. The number of pyridine rings is 1. The third-order valence-corrected chi connectivity index (χ3v) is 6.83. The molecular formula is C27H35N3O5. The van der Waals surface area contributed by atoms with Gasteiger partial charge in [-0.1, -0.05) is 0 Å². The molecule has 0 radical (unpaired) electrons. The molecule has 3 heterocycles. The lowest BCUT2D eigenvalue weighted by atomic mass is 9.98. The summed E-state index contributed by atoms with van der Waals surface area (Å²) in [7, 11) is 4.73. The van der Waals surface area contributed by atoms with E-state index in [0.717, 1.165) is 63.2 Å². The van der Waals surface area contributed by atoms with Crippen LogP contribution in [0.4, 0.5) is 0 Å². The molecule has 1 aromatic carbocycles. The Bertz CT molecular complexity index is 972. The first-order valence-corrected chi connectivity index (χ1v) is 12.2. The van der Waals surface area contributed by atoms with Crippen LogP contribution >= 0.6 is 0 Å². The average molecular weight is 482 g/mol. The van der Waals surface area contributed by atoms with E-state index < -0.39 is 0 Å². The number of benzene rings is 1. The Labute approximate surface area is 207 Å². The maximum atomic E-state index is 12.8. The van der Waals surface area contributed by atoms with Crippen LogP contribution in [-0.4, -0.2) is 80.3 Å². The Kier molecular flexibility index (Phi) is 8.47. The summed E-state index contributed by atoms with van der Waals surface area (Å²) in [6.07, 6.45) is 11.3. The second kappa shape index (κ2) is 11.9. The quantitative estimate of drug-likeness (QED) is 0.533. The number of likely N-dealkylation sites (tertiary alicyclic amines) is 2. The SMILES string of the molecule is COc1cc(C=CC(=O)N2CCC(N3CCC(Oc4ccncc4)CC3)CC2)cc(OC)c1OC. The van der Waals surface area contributed by atoms with Crippen LogP contribution < -0.4 is 18.9 Å². The minimum absolute atomic E-state index is 0.0293. The number of rotatable bonds is 8. The average Bonchev–Trinajstić information content (AvgIpc) is 2.92. The third kappa shape index (κ3) is 6.25. The van der Waals surface area contributed by atoms with Crippen molar-refractivity contribution in [3.63, 3.8) is 0 Å². The van der Waals surface area contributed by atoms with Crippen molar-refractivity contribution in [3.05, 3.63) is 48.3 Å². The van der Waals surface area contributed by atoms with Gasteiger partial charge in [0.2, 0.25) is 11.7 Å². The molecule has 4 rings (SSSR count). The second-order valence-corrected chi connectivity index (χ2v) is 8.88. The lowest BCUT2D eigenvalue weighted by Gasteiger charge is -2.41. The summed E-state index contributed by atoms with van der Waals surface area (Å²) in [5.41, 5.74) is 0.819. The molecule has 0 unspecified atom stereocenters. The van der Waals surface area contributed by atoms with Gasteiger partial charge in [0.25, 0.3) is 0 Å². The van der Waals surface area contributed by atoms with Crippen LogP contribution in [0.5, 0.6) is 23.0 Å². The van der Waals surface area contributed by atoms with Gasteiger partial charge in [0, 0.05) is 50.7 Å². The van der Waals surface area contributed by atoms with Crippen LogP contribution in [0.15, 0.2) is 42.7 Å². The fourth-order valence-electron chi connectivity index (χ4n) is 4.89. The lowest BCUT2D eigenvalue weighted by molar-refractivity contribution is -0.127. The van der Waals surface area contributed by atoms with Gasteiger partial charge in [-0.05, 0) is 61.6 Å². The zero-order chi connectivity index (χ0) is 24.6. The first-order valence-electron chi connectivity index (χ1n) is 12.2. The number of hydrogen-bond acceptors (Lipinski definition) is 7. The highest BCUT2D eigenvalue weighted by atomic mass is 16.5. The van der Waals surface area contributed by atoms with Crippen molar-refractivity contribution in [2.75, 3.05) is 47.5 Å². The number of carbonyl (C=O) groups is 1. The summed E-state index contributed by atoms with van der Waals surface area (Å²) in [6.45, 7) is 3.62. The van der Waals surface area contributed by atoms with Gasteiger partial charge in [-0.15, -0.1) is 0 Å². The molecule has 0 aliphatic carbocycles. The Morgan fingerprint density at radius 2 is 1.54 bits per heavy atom. The molecule has 0 N–H and O–H groups in total. The van der Waals surface area contributed by atoms with Crippen molar-refractivity contribution in [1.29, 1.82) is 0 Å². The molecule has 0 bridgehead atoms. The van der Waals surface area contributed by atoms with E-state index in [2.05, 4.69) is 9.88 Å². The minimum atomic E-state index is 0.0293. The molecule has 0 atom stereocenters. The number of nitrogens with zero attached hydrogens (tertiary/aromatic N) is 3. The summed E-state index contributed by atoms with van der Waals surface area (Å²) in [4.78, 5) is 21.4. The van der Waals surface area contributed by atoms with Gasteiger partial charge in [-0.3, -0.25) is 14.7 Å². The van der Waals surface area contributed by atoms with E-state index in [1.54, 1.807) is 45.9 Å². The molecule has 1 aromatic heterocycles. The van der Waals surface area contributed by atoms with Gasteiger partial charge in [0.15, 0.2) is 11.5 Å². The van der Waals surface area contributed by atoms with Crippen LogP contribution in [0.25, 0.3) is 6.08 Å². The summed E-state index contributed by atoms with van der Waals surface area (Å²) in [6, 6.07) is 8.02. The van der Waals surface area contributed by atoms with E-state index in [1.165, 1.54) is 0 Å². The number of carbonyl (C=O) groups excluding carboxylic acids is 1. The summed E-state index contributed by atoms with van der Waals surface area (Å²) in [5, 5.41) is 0. The first kappa shape index (κ1) is 24.9.